The molecule has 0 saturated heterocycles. The molecular weight excluding hydrogens is 268 g/mol. The van der Waals surface area contributed by atoms with Gasteiger partial charge in [-0.25, -0.2) is 0 Å². The quantitative estimate of drug-likeness (QED) is 0.877. The van der Waals surface area contributed by atoms with E-state index in [9.17, 15) is 4.79 Å². The van der Waals surface area contributed by atoms with Crippen LogP contribution in [0.3, 0.4) is 0 Å². The van der Waals surface area contributed by atoms with Crippen LogP contribution in [0.15, 0.2) is 18.2 Å². The highest BCUT2D eigenvalue weighted by Gasteiger charge is 2.21. The Labute approximate surface area is 123 Å². The van der Waals surface area contributed by atoms with Crippen LogP contribution in [-0.4, -0.2) is 23.9 Å². The molecule has 0 aliphatic carbocycles. The minimum Gasteiger partial charge on any atom is -0.397 e. The minimum atomic E-state index is -0.0684. The van der Waals surface area contributed by atoms with Gasteiger partial charge in [-0.05, 0) is 25.5 Å². The average Bonchev–Trinajstić information content (AvgIpc) is 2.75. The summed E-state index contributed by atoms with van der Waals surface area (Å²) in [7, 11) is 0. The molecule has 0 radical (unpaired) electrons. The molecule has 2 rings (SSSR count). The van der Waals surface area contributed by atoms with Crippen LogP contribution in [0.2, 0.25) is 0 Å². The normalized spacial score (nSPS) is 10.4. The highest BCUT2D eigenvalue weighted by atomic mass is 32.1. The number of rotatable bonds is 4. The van der Waals surface area contributed by atoms with E-state index in [4.69, 9.17) is 12.2 Å². The Bertz CT molecular complexity index is 682. The minimum absolute atomic E-state index is 0.0684. The number of fused-ring (bicyclic) bond motifs is 1. The number of nitrogens with zero attached hydrogens (tertiary/aromatic N) is 1. The number of aryl methyl sites for hydroxylation is 1. The van der Waals surface area contributed by atoms with Gasteiger partial charge in [0.05, 0.1) is 12.2 Å². The number of carbonyl (C=O) groups excluding carboxylic acids is 1. The Morgan fingerprint density at radius 2 is 2.25 bits per heavy atom. The van der Waals surface area contributed by atoms with Crippen molar-refractivity contribution in [2.75, 3.05) is 18.8 Å². The van der Waals surface area contributed by atoms with Gasteiger partial charge in [-0.3, -0.25) is 4.79 Å². The molecule has 0 atom stereocenters. The second kappa shape index (κ2) is 5.98. The summed E-state index contributed by atoms with van der Waals surface area (Å²) in [5.74, 6) is 2.47. The van der Waals surface area contributed by atoms with Crippen molar-refractivity contribution in [1.82, 2.24) is 4.90 Å². The van der Waals surface area contributed by atoms with Crippen LogP contribution in [-0.2, 0) is 0 Å². The van der Waals surface area contributed by atoms with Crippen molar-refractivity contribution < 1.29 is 4.79 Å². The molecule has 3 nitrogen and oxygen atoms in total. The second-order valence-electron chi connectivity index (χ2n) is 4.78. The van der Waals surface area contributed by atoms with Crippen LogP contribution in [0.25, 0.3) is 10.1 Å². The van der Waals surface area contributed by atoms with Crippen molar-refractivity contribution in [3.05, 3.63) is 28.6 Å². The summed E-state index contributed by atoms with van der Waals surface area (Å²) < 4.78 is 1.04. The van der Waals surface area contributed by atoms with Crippen molar-refractivity contribution in [3.8, 4) is 12.3 Å². The third kappa shape index (κ3) is 2.63. The van der Waals surface area contributed by atoms with Crippen molar-refractivity contribution in [2.45, 2.75) is 20.3 Å². The van der Waals surface area contributed by atoms with E-state index in [-0.39, 0.29) is 5.91 Å². The number of hydrogen-bond acceptors (Lipinski definition) is 3. The molecule has 2 N–H and O–H groups in total. The molecule has 1 aromatic carbocycles. The summed E-state index contributed by atoms with van der Waals surface area (Å²) in [5.41, 5.74) is 7.85. The van der Waals surface area contributed by atoms with Gasteiger partial charge in [0, 0.05) is 16.6 Å². The highest BCUT2D eigenvalue weighted by Crippen LogP contribution is 2.35. The first-order valence-corrected chi connectivity index (χ1v) is 7.41. The zero-order valence-electron chi connectivity index (χ0n) is 11.8. The summed E-state index contributed by atoms with van der Waals surface area (Å²) in [6, 6.07) is 6.05. The molecule has 0 fully saturated rings. The van der Waals surface area contributed by atoms with Gasteiger partial charge in [0.2, 0.25) is 0 Å². The third-order valence-corrected chi connectivity index (χ3v) is 4.31. The van der Waals surface area contributed by atoms with Gasteiger partial charge >= 0.3 is 0 Å². The summed E-state index contributed by atoms with van der Waals surface area (Å²) in [5, 5.41) is 0.954. The molecule has 0 bridgehead atoms. The molecule has 0 aliphatic heterocycles. The first-order valence-electron chi connectivity index (χ1n) is 6.59. The maximum atomic E-state index is 12.6. The lowest BCUT2D eigenvalue weighted by Crippen LogP contribution is -2.32. The van der Waals surface area contributed by atoms with Gasteiger partial charge in [0.1, 0.15) is 4.88 Å². The van der Waals surface area contributed by atoms with Crippen molar-refractivity contribution >= 4 is 33.0 Å². The molecule has 0 aliphatic rings. The van der Waals surface area contributed by atoms with Gasteiger partial charge < -0.3 is 10.6 Å². The SMILES string of the molecule is C#CCN(CCC)C(=O)c1sc2ccc(C)cc2c1N. The molecule has 0 saturated carbocycles. The number of nitrogen functional groups attached to an aromatic ring is 1. The Morgan fingerprint density at radius 1 is 1.50 bits per heavy atom. The topological polar surface area (TPSA) is 46.3 Å². The van der Waals surface area contributed by atoms with Crippen molar-refractivity contribution in [2.24, 2.45) is 0 Å². The number of terminal acetylenes is 1. The van der Waals surface area contributed by atoms with Crippen LogP contribution in [0.5, 0.6) is 0 Å². The predicted molar refractivity (Wildman–Crippen MR) is 86.0 cm³/mol. The van der Waals surface area contributed by atoms with E-state index in [1.165, 1.54) is 11.3 Å². The maximum Gasteiger partial charge on any atom is 0.266 e. The molecule has 2 aromatic rings. The average molecular weight is 286 g/mol. The number of anilines is 1. The molecular formula is C16H18N2OS. The van der Waals surface area contributed by atoms with Crippen LogP contribution < -0.4 is 5.73 Å². The lowest BCUT2D eigenvalue weighted by molar-refractivity contribution is 0.0782. The molecule has 104 valence electrons. The third-order valence-electron chi connectivity index (χ3n) is 3.14. The number of amides is 1. The molecule has 1 amide bonds. The molecule has 1 heterocycles. The number of hydrogen-bond donors (Lipinski definition) is 1. The second-order valence-corrected chi connectivity index (χ2v) is 5.83. The van der Waals surface area contributed by atoms with E-state index in [1.807, 2.05) is 32.0 Å². The van der Waals surface area contributed by atoms with Gasteiger partial charge in [-0.15, -0.1) is 17.8 Å². The van der Waals surface area contributed by atoms with E-state index < -0.39 is 0 Å². The lowest BCUT2D eigenvalue weighted by atomic mass is 10.1. The molecule has 0 spiro atoms. The molecule has 0 unspecified atom stereocenters. The number of carbonyl (C=O) groups is 1. The van der Waals surface area contributed by atoms with Gasteiger partial charge in [0.25, 0.3) is 5.91 Å². The van der Waals surface area contributed by atoms with Crippen LogP contribution in [0.1, 0.15) is 28.6 Å². The fraction of sp³-hybridized carbons (Fsp3) is 0.312. The fourth-order valence-corrected chi connectivity index (χ4v) is 3.24. The Hall–Kier alpha value is -1.99. The summed E-state index contributed by atoms with van der Waals surface area (Å²) >= 11 is 1.44. The Morgan fingerprint density at radius 3 is 2.90 bits per heavy atom. The van der Waals surface area contributed by atoms with E-state index in [0.29, 0.717) is 23.7 Å². The van der Waals surface area contributed by atoms with E-state index >= 15 is 0 Å². The molecule has 1 aromatic heterocycles. The number of thiophene rings is 1. The number of nitrogens with two attached hydrogens (primary N) is 1. The van der Waals surface area contributed by atoms with Crippen LogP contribution in [0, 0.1) is 19.3 Å². The molecule has 4 heteroatoms. The van der Waals surface area contributed by atoms with E-state index in [0.717, 1.165) is 22.1 Å². The van der Waals surface area contributed by atoms with Gasteiger partial charge in [-0.2, -0.15) is 0 Å². The highest BCUT2D eigenvalue weighted by molar-refractivity contribution is 7.21. The zero-order chi connectivity index (χ0) is 14.7. The monoisotopic (exact) mass is 286 g/mol. The smallest absolute Gasteiger partial charge is 0.266 e. The summed E-state index contributed by atoms with van der Waals surface area (Å²) in [4.78, 5) is 14.8. The molecule has 20 heavy (non-hydrogen) atoms. The summed E-state index contributed by atoms with van der Waals surface area (Å²) in [6.07, 6.45) is 6.21. The fourth-order valence-electron chi connectivity index (χ4n) is 2.17. The van der Waals surface area contributed by atoms with Gasteiger partial charge in [0.15, 0.2) is 0 Å². The van der Waals surface area contributed by atoms with Crippen LogP contribution in [0.4, 0.5) is 5.69 Å². The van der Waals surface area contributed by atoms with E-state index in [1.54, 1.807) is 4.90 Å². The first-order chi connectivity index (χ1) is 9.58. The van der Waals surface area contributed by atoms with Gasteiger partial charge in [-0.1, -0.05) is 24.5 Å². The Balaban J connectivity index is 2.44. The lowest BCUT2D eigenvalue weighted by Gasteiger charge is -2.18. The largest absolute Gasteiger partial charge is 0.397 e. The predicted octanol–water partition coefficient (Wildman–Crippen LogP) is 3.28. The Kier molecular flexibility index (Phi) is 4.31. The van der Waals surface area contributed by atoms with Crippen molar-refractivity contribution in [3.63, 3.8) is 0 Å². The summed E-state index contributed by atoms with van der Waals surface area (Å²) in [6.45, 7) is 5.00. The van der Waals surface area contributed by atoms with E-state index in [2.05, 4.69) is 5.92 Å². The zero-order valence-corrected chi connectivity index (χ0v) is 12.6. The number of benzene rings is 1. The standard InChI is InChI=1S/C16H18N2OS/c1-4-8-18(9-5-2)16(19)15-14(17)12-10-11(3)6-7-13(12)20-15/h1,6-7,10H,5,8-9,17H2,2-3H3. The first kappa shape index (κ1) is 14.4. The maximum absolute atomic E-state index is 12.6. The van der Waals surface area contributed by atoms with Crippen LogP contribution >= 0.6 is 11.3 Å². The van der Waals surface area contributed by atoms with Crippen molar-refractivity contribution in [1.29, 1.82) is 0 Å².